The van der Waals surface area contributed by atoms with Crippen LogP contribution in [0.4, 0.5) is 0 Å². The molecule has 51 heavy (non-hydrogen) atoms. The van der Waals surface area contributed by atoms with E-state index in [1.807, 2.05) is 88.4 Å². The van der Waals surface area contributed by atoms with Gasteiger partial charge in [0.05, 0.1) is 17.3 Å². The van der Waals surface area contributed by atoms with Crippen molar-refractivity contribution >= 4 is 47.8 Å². The lowest BCUT2D eigenvalue weighted by Gasteiger charge is -2.35. The second kappa shape index (κ2) is 13.3. The van der Waals surface area contributed by atoms with Gasteiger partial charge in [-0.2, -0.15) is 8.42 Å². The first-order valence-corrected chi connectivity index (χ1v) is 20.6. The van der Waals surface area contributed by atoms with Gasteiger partial charge in [0, 0.05) is 52.2 Å². The molecule has 0 unspecified atom stereocenters. The van der Waals surface area contributed by atoms with Crippen LogP contribution in [0.15, 0.2) is 69.6 Å². The Kier molecular flexibility index (Phi) is 9.37. The van der Waals surface area contributed by atoms with Crippen LogP contribution in [0.2, 0.25) is 0 Å². The summed E-state index contributed by atoms with van der Waals surface area (Å²) >= 11 is 7.25. The van der Waals surface area contributed by atoms with Gasteiger partial charge in [0.2, 0.25) is 0 Å². The number of phenols is 2. The van der Waals surface area contributed by atoms with Crippen LogP contribution < -0.4 is 8.92 Å². The van der Waals surface area contributed by atoms with E-state index in [0.717, 1.165) is 26.5 Å². The zero-order valence-electron chi connectivity index (χ0n) is 29.2. The van der Waals surface area contributed by atoms with Crippen molar-refractivity contribution < 1.29 is 32.3 Å². The highest BCUT2D eigenvalue weighted by molar-refractivity contribution is 9.10. The van der Waals surface area contributed by atoms with Gasteiger partial charge in [0.25, 0.3) is 0 Å². The van der Waals surface area contributed by atoms with Crippen molar-refractivity contribution in [2.45, 2.75) is 78.7 Å². The topological polar surface area (TPSA) is 110 Å². The zero-order valence-corrected chi connectivity index (χ0v) is 33.2. The Balaban J connectivity index is 1.40. The second-order valence-corrected chi connectivity index (χ2v) is 18.7. The molecule has 4 aromatic rings. The molecule has 10 heteroatoms. The van der Waals surface area contributed by atoms with E-state index < -0.39 is 20.9 Å². The van der Waals surface area contributed by atoms with Crippen molar-refractivity contribution in [1.82, 2.24) is 0 Å². The van der Waals surface area contributed by atoms with Gasteiger partial charge in [-0.1, -0.05) is 82.1 Å². The SMILES string of the molecule is CC(C)Oc1c2cccc1Cc1cccc(c1OS(=O)(=O)C[C@]13CC[C@H](CC1=O)C3(C)C)Cc1cc(Br)cc(c1O)Cc1cc(Br)cc(c1O)C2. The van der Waals surface area contributed by atoms with Gasteiger partial charge in [-0.15, -0.1) is 0 Å². The van der Waals surface area contributed by atoms with Crippen LogP contribution in [-0.2, 0) is 40.6 Å². The zero-order chi connectivity index (χ0) is 36.5. The third-order valence-corrected chi connectivity index (χ3v) is 13.7. The number of halogens is 2. The number of carbonyl (C=O) groups excluding carboxylic acids is 1. The fourth-order valence-electron chi connectivity index (χ4n) is 8.69. The summed E-state index contributed by atoms with van der Waals surface area (Å²) < 4.78 is 42.7. The average molecular weight is 839 g/mol. The largest absolute Gasteiger partial charge is 0.507 e. The van der Waals surface area contributed by atoms with Gasteiger partial charge in [-0.05, 0) is 95.7 Å². The molecule has 2 N–H and O–H groups in total. The van der Waals surface area contributed by atoms with Crippen LogP contribution in [0, 0.1) is 16.7 Å². The summed E-state index contributed by atoms with van der Waals surface area (Å²) in [5, 5.41) is 23.2. The first-order valence-electron chi connectivity index (χ1n) is 17.4. The first-order chi connectivity index (χ1) is 24.1. The third kappa shape index (κ3) is 6.61. The summed E-state index contributed by atoms with van der Waals surface area (Å²) in [6.45, 7) is 7.95. The van der Waals surface area contributed by atoms with Crippen LogP contribution in [0.25, 0.3) is 0 Å². The minimum Gasteiger partial charge on any atom is -0.507 e. The Morgan fingerprint density at radius 1 is 0.765 bits per heavy atom. The molecule has 3 aliphatic carbocycles. The monoisotopic (exact) mass is 836 g/mol. The van der Waals surface area contributed by atoms with Gasteiger partial charge >= 0.3 is 10.1 Å². The molecule has 0 spiro atoms. The normalized spacial score (nSPS) is 20.8. The molecular formula is C41H42Br2O7S. The molecule has 7 rings (SSSR count). The number of fused-ring (bicyclic) bond motifs is 10. The lowest BCUT2D eigenvalue weighted by molar-refractivity contribution is -0.128. The summed E-state index contributed by atoms with van der Waals surface area (Å²) in [7, 11) is -4.26. The highest BCUT2D eigenvalue weighted by atomic mass is 79.9. The maximum atomic E-state index is 14.2. The van der Waals surface area contributed by atoms with Gasteiger partial charge in [0.15, 0.2) is 0 Å². The number of hydrogen-bond donors (Lipinski definition) is 2. The minimum atomic E-state index is -4.26. The van der Waals surface area contributed by atoms with E-state index in [0.29, 0.717) is 58.4 Å². The average Bonchev–Trinajstić information content (AvgIpc) is 3.38. The molecule has 268 valence electrons. The van der Waals surface area contributed by atoms with E-state index in [4.69, 9.17) is 8.92 Å². The number of ketones is 1. The maximum absolute atomic E-state index is 14.2. The van der Waals surface area contributed by atoms with Crippen LogP contribution in [0.3, 0.4) is 0 Å². The van der Waals surface area contributed by atoms with Crippen molar-refractivity contribution in [3.63, 3.8) is 0 Å². The van der Waals surface area contributed by atoms with Crippen LogP contribution in [0.5, 0.6) is 23.0 Å². The molecular weight excluding hydrogens is 796 g/mol. The summed E-state index contributed by atoms with van der Waals surface area (Å²) in [5.41, 5.74) is 3.98. The number of phenolic OH excluding ortho intramolecular Hbond substituents is 2. The fourth-order valence-corrected chi connectivity index (χ4v) is 11.6. The van der Waals surface area contributed by atoms with E-state index in [1.165, 1.54) is 0 Å². The highest BCUT2D eigenvalue weighted by Crippen LogP contribution is 2.64. The molecule has 2 saturated carbocycles. The first kappa shape index (κ1) is 36.0. The van der Waals surface area contributed by atoms with Gasteiger partial charge in [-0.3, -0.25) is 4.79 Å². The highest BCUT2D eigenvalue weighted by Gasteiger charge is 2.65. The Labute approximate surface area is 316 Å². The summed E-state index contributed by atoms with van der Waals surface area (Å²) in [4.78, 5) is 13.4. The predicted molar refractivity (Wildman–Crippen MR) is 204 cm³/mol. The lowest BCUT2D eigenvalue weighted by Crippen LogP contribution is -2.43. The van der Waals surface area contributed by atoms with E-state index >= 15 is 0 Å². The molecule has 0 saturated heterocycles. The van der Waals surface area contributed by atoms with E-state index in [9.17, 15) is 23.4 Å². The van der Waals surface area contributed by atoms with Gasteiger partial charge in [0.1, 0.15) is 28.8 Å². The number of carbonyl (C=O) groups is 1. The van der Waals surface area contributed by atoms with Crippen molar-refractivity contribution in [1.29, 1.82) is 0 Å². The van der Waals surface area contributed by atoms with Crippen LogP contribution >= 0.6 is 31.9 Å². The maximum Gasteiger partial charge on any atom is 0.310 e. The molecule has 4 aromatic carbocycles. The second-order valence-electron chi connectivity index (χ2n) is 15.3. The number of ether oxygens (including phenoxy) is 1. The van der Waals surface area contributed by atoms with Gasteiger partial charge in [-0.25, -0.2) is 0 Å². The minimum absolute atomic E-state index is 0.00709. The number of para-hydroxylation sites is 2. The number of benzene rings is 4. The van der Waals surface area contributed by atoms with Crippen molar-refractivity contribution in [3.05, 3.63) is 114 Å². The molecule has 0 amide bonds. The van der Waals surface area contributed by atoms with Crippen molar-refractivity contribution in [2.24, 2.45) is 16.7 Å². The van der Waals surface area contributed by atoms with Crippen molar-refractivity contribution in [3.8, 4) is 23.0 Å². The quantitative estimate of drug-likeness (QED) is 0.164. The molecule has 0 aromatic heterocycles. The molecule has 0 aliphatic heterocycles. The summed E-state index contributed by atoms with van der Waals surface area (Å²) in [6.07, 6.45) is 2.68. The Morgan fingerprint density at radius 3 is 1.61 bits per heavy atom. The third-order valence-electron chi connectivity index (χ3n) is 11.5. The number of Topliss-reactive ketones (excluding diaryl/α,β-unsaturated/α-hetero) is 1. The smallest absolute Gasteiger partial charge is 0.310 e. The van der Waals surface area contributed by atoms with E-state index in [2.05, 4.69) is 31.9 Å². The lowest BCUT2D eigenvalue weighted by atomic mass is 9.70. The number of hydrogen-bond acceptors (Lipinski definition) is 7. The molecule has 0 heterocycles. The summed E-state index contributed by atoms with van der Waals surface area (Å²) in [5.74, 6) is 0.865. The number of aromatic hydroxyl groups is 2. The standard InChI is InChI=1S/C41H42Br2O7S/c1-23(2)49-38-24-7-5-8-25(38)14-28-17-33(42)19-30(36(28)45)16-31-20-34(43)18-29(37(31)46)15-27-10-6-9-26(13-24)39(27)50-51(47,48)22-41-12-11-32(21-35(41)44)40(41,3)4/h5-10,17-20,23,32,45-46H,11-16,21-22H2,1-4H3/t32-,41-/m1/s1. The molecule has 7 nitrogen and oxygen atoms in total. The van der Waals surface area contributed by atoms with E-state index in [1.54, 1.807) is 0 Å². The molecule has 10 bridgehead atoms. The molecule has 3 aliphatic rings. The van der Waals surface area contributed by atoms with Gasteiger partial charge < -0.3 is 19.1 Å². The molecule has 2 atom stereocenters. The fraction of sp³-hybridized carbons (Fsp3) is 0.390. The number of rotatable bonds is 6. The van der Waals surface area contributed by atoms with Crippen molar-refractivity contribution in [2.75, 3.05) is 5.75 Å². The Hall–Kier alpha value is -3.34. The van der Waals surface area contributed by atoms with Crippen LogP contribution in [-0.4, -0.2) is 36.3 Å². The van der Waals surface area contributed by atoms with Crippen LogP contribution in [0.1, 0.15) is 91.5 Å². The summed E-state index contributed by atoms with van der Waals surface area (Å²) in [6, 6.07) is 18.8. The Morgan fingerprint density at radius 2 is 1.20 bits per heavy atom. The van der Waals surface area contributed by atoms with E-state index in [-0.39, 0.29) is 60.1 Å². The predicted octanol–water partition coefficient (Wildman–Crippen LogP) is 9.19. The Bertz CT molecular complexity index is 2180. The molecule has 2 fully saturated rings. The molecule has 0 radical (unpaired) electrons.